The van der Waals surface area contributed by atoms with Crippen molar-refractivity contribution in [3.63, 3.8) is 0 Å². The van der Waals surface area contributed by atoms with Gasteiger partial charge in [0.05, 0.1) is 0 Å². The van der Waals surface area contributed by atoms with Gasteiger partial charge >= 0.3 is 5.97 Å². The first kappa shape index (κ1) is 12.8. The quantitative estimate of drug-likeness (QED) is 0.940. The number of carboxylic acids is 1. The number of aliphatic carboxylic acids is 1. The van der Waals surface area contributed by atoms with Gasteiger partial charge in [-0.2, -0.15) is 11.3 Å². The van der Waals surface area contributed by atoms with Crippen LogP contribution >= 0.6 is 22.7 Å². The second-order valence-electron chi connectivity index (χ2n) is 4.76. The van der Waals surface area contributed by atoms with E-state index < -0.39 is 12.0 Å². The lowest BCUT2D eigenvalue weighted by atomic mass is 9.96. The van der Waals surface area contributed by atoms with E-state index in [2.05, 4.69) is 23.3 Å². The minimum atomic E-state index is -0.749. The zero-order valence-electron chi connectivity index (χ0n) is 10.6. The van der Waals surface area contributed by atoms with Crippen LogP contribution in [-0.2, 0) is 11.2 Å². The highest BCUT2D eigenvalue weighted by atomic mass is 32.1. The number of carbonyl (C=O) groups is 1. The number of nitrogens with zero attached hydrogens (tertiary/aromatic N) is 1. The summed E-state index contributed by atoms with van der Waals surface area (Å²) in [5, 5.41) is 15.7. The first-order valence-electron chi connectivity index (χ1n) is 6.25. The van der Waals surface area contributed by atoms with Gasteiger partial charge in [0.2, 0.25) is 0 Å². The first-order chi connectivity index (χ1) is 9.18. The number of carboxylic acid groups (broad SMARTS) is 1. The second-order valence-corrected chi connectivity index (χ2v) is 6.54. The molecule has 3 rings (SSSR count). The van der Waals surface area contributed by atoms with Crippen molar-refractivity contribution < 1.29 is 9.90 Å². The van der Waals surface area contributed by atoms with Gasteiger partial charge < -0.3 is 5.11 Å². The zero-order valence-corrected chi connectivity index (χ0v) is 12.2. The molecule has 1 aliphatic heterocycles. The molecule has 0 saturated heterocycles. The van der Waals surface area contributed by atoms with Gasteiger partial charge in [0, 0.05) is 17.5 Å². The molecule has 2 atom stereocenters. The average molecular weight is 293 g/mol. The Hall–Kier alpha value is -1.17. The molecule has 0 amide bonds. The molecule has 5 heteroatoms. The maximum absolute atomic E-state index is 11.7. The van der Waals surface area contributed by atoms with Crippen LogP contribution in [0.4, 0.5) is 0 Å². The molecular formula is C14H15NO2S2. The van der Waals surface area contributed by atoms with Crippen LogP contribution < -0.4 is 0 Å². The Morgan fingerprint density at radius 3 is 3.00 bits per heavy atom. The van der Waals surface area contributed by atoms with Gasteiger partial charge in [-0.15, -0.1) is 11.3 Å². The first-order valence-corrected chi connectivity index (χ1v) is 8.07. The molecule has 2 aromatic heterocycles. The molecule has 3 heterocycles. The monoisotopic (exact) mass is 293 g/mol. The minimum Gasteiger partial charge on any atom is -0.480 e. The van der Waals surface area contributed by atoms with Crippen LogP contribution in [0.25, 0.3) is 0 Å². The smallest absolute Gasteiger partial charge is 0.325 e. The summed E-state index contributed by atoms with van der Waals surface area (Å²) in [6.45, 7) is 2.90. The Morgan fingerprint density at radius 1 is 1.47 bits per heavy atom. The van der Waals surface area contributed by atoms with E-state index in [4.69, 9.17) is 0 Å². The summed E-state index contributed by atoms with van der Waals surface area (Å²) in [5.74, 6) is -0.749. The lowest BCUT2D eigenvalue weighted by molar-refractivity contribution is -0.145. The summed E-state index contributed by atoms with van der Waals surface area (Å²) < 4.78 is 0. The third kappa shape index (κ3) is 2.22. The summed E-state index contributed by atoms with van der Waals surface area (Å²) in [7, 11) is 0. The van der Waals surface area contributed by atoms with E-state index in [0.29, 0.717) is 0 Å². The number of rotatable bonds is 3. The SMILES string of the molecule is CC(c1ccsc1)N1CCc2sccc2C1C(=O)O. The lowest BCUT2D eigenvalue weighted by Gasteiger charge is -2.37. The molecule has 0 aliphatic carbocycles. The Bertz CT molecular complexity index is 576. The van der Waals surface area contributed by atoms with E-state index >= 15 is 0 Å². The fraction of sp³-hybridized carbons (Fsp3) is 0.357. The lowest BCUT2D eigenvalue weighted by Crippen LogP contribution is -2.40. The molecule has 1 N–H and O–H groups in total. The van der Waals surface area contributed by atoms with Gasteiger partial charge in [-0.05, 0) is 52.7 Å². The van der Waals surface area contributed by atoms with E-state index in [1.165, 1.54) is 10.4 Å². The summed E-state index contributed by atoms with van der Waals surface area (Å²) in [6, 6.07) is 3.67. The molecule has 2 unspecified atom stereocenters. The number of fused-ring (bicyclic) bond motifs is 1. The summed E-state index contributed by atoms with van der Waals surface area (Å²) in [6.07, 6.45) is 0.950. The third-order valence-corrected chi connectivity index (χ3v) is 5.46. The van der Waals surface area contributed by atoms with Crippen molar-refractivity contribution in [3.05, 3.63) is 44.3 Å². The van der Waals surface area contributed by atoms with Crippen LogP contribution in [0.5, 0.6) is 0 Å². The van der Waals surface area contributed by atoms with Crippen molar-refractivity contribution in [2.45, 2.75) is 25.4 Å². The van der Waals surface area contributed by atoms with Crippen LogP contribution in [-0.4, -0.2) is 22.5 Å². The maximum Gasteiger partial charge on any atom is 0.325 e. The molecule has 0 fully saturated rings. The van der Waals surface area contributed by atoms with Gasteiger partial charge in [0.15, 0.2) is 0 Å². The van der Waals surface area contributed by atoms with Crippen molar-refractivity contribution in [2.24, 2.45) is 0 Å². The van der Waals surface area contributed by atoms with Gasteiger partial charge in [-0.3, -0.25) is 9.69 Å². The van der Waals surface area contributed by atoms with Gasteiger partial charge in [-0.1, -0.05) is 0 Å². The fourth-order valence-corrected chi connectivity index (χ4v) is 4.38. The minimum absolute atomic E-state index is 0.139. The predicted octanol–water partition coefficient (Wildman–Crippen LogP) is 3.55. The van der Waals surface area contributed by atoms with Crippen molar-refractivity contribution in [1.29, 1.82) is 0 Å². The highest BCUT2D eigenvalue weighted by molar-refractivity contribution is 7.10. The molecule has 3 nitrogen and oxygen atoms in total. The Kier molecular flexibility index (Phi) is 3.43. The van der Waals surface area contributed by atoms with E-state index in [1.54, 1.807) is 22.7 Å². The van der Waals surface area contributed by atoms with E-state index in [0.717, 1.165) is 18.5 Å². The fourth-order valence-electron chi connectivity index (χ4n) is 2.73. The average Bonchev–Trinajstić information content (AvgIpc) is 3.06. The van der Waals surface area contributed by atoms with Crippen LogP contribution in [0.1, 0.15) is 35.0 Å². The maximum atomic E-state index is 11.7. The standard InChI is InChI=1S/C14H15NO2S2/c1-9(10-3-6-18-8-10)15-5-2-12-11(4-7-19-12)13(15)14(16)17/h3-4,6-9,13H,2,5H2,1H3,(H,16,17). The van der Waals surface area contributed by atoms with E-state index in [-0.39, 0.29) is 6.04 Å². The largest absolute Gasteiger partial charge is 0.480 e. The molecule has 0 bridgehead atoms. The molecule has 0 saturated carbocycles. The Balaban J connectivity index is 1.96. The van der Waals surface area contributed by atoms with E-state index in [1.807, 2.05) is 16.8 Å². The van der Waals surface area contributed by atoms with Gasteiger partial charge in [0.25, 0.3) is 0 Å². The Morgan fingerprint density at radius 2 is 2.32 bits per heavy atom. The molecular weight excluding hydrogens is 278 g/mol. The normalized spacial score (nSPS) is 21.0. The van der Waals surface area contributed by atoms with Gasteiger partial charge in [0.1, 0.15) is 6.04 Å². The molecule has 19 heavy (non-hydrogen) atoms. The number of hydrogen-bond donors (Lipinski definition) is 1. The van der Waals surface area contributed by atoms with E-state index in [9.17, 15) is 9.90 Å². The van der Waals surface area contributed by atoms with Crippen molar-refractivity contribution in [2.75, 3.05) is 6.54 Å². The second kappa shape index (κ2) is 5.07. The van der Waals surface area contributed by atoms with Crippen molar-refractivity contribution in [3.8, 4) is 0 Å². The molecule has 2 aromatic rings. The zero-order chi connectivity index (χ0) is 13.4. The Labute approximate surface area is 120 Å². The molecule has 0 radical (unpaired) electrons. The summed E-state index contributed by atoms with van der Waals surface area (Å²) in [5.41, 5.74) is 2.18. The van der Waals surface area contributed by atoms with Gasteiger partial charge in [-0.25, -0.2) is 0 Å². The number of hydrogen-bond acceptors (Lipinski definition) is 4. The van der Waals surface area contributed by atoms with Crippen LogP contribution in [0.2, 0.25) is 0 Å². The molecule has 0 spiro atoms. The summed E-state index contributed by atoms with van der Waals surface area (Å²) >= 11 is 3.33. The summed E-state index contributed by atoms with van der Waals surface area (Å²) in [4.78, 5) is 15.0. The topological polar surface area (TPSA) is 40.5 Å². The van der Waals surface area contributed by atoms with Crippen LogP contribution in [0.15, 0.2) is 28.3 Å². The van der Waals surface area contributed by atoms with Crippen molar-refractivity contribution >= 4 is 28.6 Å². The number of thiophene rings is 2. The molecule has 1 aliphatic rings. The van der Waals surface area contributed by atoms with Crippen LogP contribution in [0, 0.1) is 0 Å². The van der Waals surface area contributed by atoms with Crippen molar-refractivity contribution in [1.82, 2.24) is 4.90 Å². The highest BCUT2D eigenvalue weighted by Gasteiger charge is 2.36. The van der Waals surface area contributed by atoms with Crippen LogP contribution in [0.3, 0.4) is 0 Å². The highest BCUT2D eigenvalue weighted by Crippen LogP contribution is 2.38. The molecule has 100 valence electrons. The third-order valence-electron chi connectivity index (χ3n) is 3.76. The predicted molar refractivity (Wildman–Crippen MR) is 77.8 cm³/mol. The molecule has 0 aromatic carbocycles.